The summed E-state index contributed by atoms with van der Waals surface area (Å²) in [5.74, 6) is 0.00453. The van der Waals surface area contributed by atoms with Gasteiger partial charge >= 0.3 is 6.03 Å². The summed E-state index contributed by atoms with van der Waals surface area (Å²) in [4.78, 5) is 38.6. The number of benzene rings is 1. The second-order valence-electron chi connectivity index (χ2n) is 7.75. The van der Waals surface area contributed by atoms with Crippen molar-refractivity contribution in [3.8, 4) is 0 Å². The summed E-state index contributed by atoms with van der Waals surface area (Å²) in [7, 11) is 0. The van der Waals surface area contributed by atoms with Crippen molar-refractivity contribution in [2.24, 2.45) is 5.92 Å². The molecule has 27 heavy (non-hydrogen) atoms. The van der Waals surface area contributed by atoms with E-state index in [1.165, 1.54) is 5.56 Å². The first-order valence-electron chi connectivity index (χ1n) is 10.0. The fourth-order valence-corrected chi connectivity index (χ4v) is 4.12. The van der Waals surface area contributed by atoms with E-state index in [1.54, 1.807) is 0 Å². The lowest BCUT2D eigenvalue weighted by Gasteiger charge is -2.34. The van der Waals surface area contributed by atoms with Crippen LogP contribution in [0.15, 0.2) is 24.3 Å². The molecule has 1 aliphatic carbocycles. The van der Waals surface area contributed by atoms with Gasteiger partial charge in [0.15, 0.2) is 0 Å². The molecule has 1 saturated carbocycles. The average molecular weight is 371 g/mol. The third-order valence-electron chi connectivity index (χ3n) is 5.86. The first-order valence-corrected chi connectivity index (χ1v) is 10.0. The van der Waals surface area contributed by atoms with Crippen LogP contribution in [0.5, 0.6) is 0 Å². The Hall–Kier alpha value is -2.37. The van der Waals surface area contributed by atoms with Crippen molar-refractivity contribution in [3.05, 3.63) is 29.8 Å². The molecule has 4 amide bonds. The molecule has 1 saturated heterocycles. The lowest BCUT2D eigenvalue weighted by molar-refractivity contribution is -0.135. The molecule has 2 aliphatic rings. The number of aryl methyl sites for hydroxylation is 1. The molecule has 1 aliphatic heterocycles. The van der Waals surface area contributed by atoms with Crippen LogP contribution in [-0.4, -0.2) is 34.8 Å². The molecule has 1 aromatic rings. The molecular formula is C21H29N3O3. The summed E-state index contributed by atoms with van der Waals surface area (Å²) in [6.07, 6.45) is 6.36. The molecule has 2 N–H and O–H groups in total. The third kappa shape index (κ3) is 4.15. The molecule has 146 valence electrons. The van der Waals surface area contributed by atoms with Gasteiger partial charge in [0.1, 0.15) is 12.1 Å². The molecule has 0 aromatic heterocycles. The zero-order valence-corrected chi connectivity index (χ0v) is 16.2. The van der Waals surface area contributed by atoms with E-state index in [9.17, 15) is 14.4 Å². The number of carbonyl (C=O) groups excluding carboxylic acids is 3. The van der Waals surface area contributed by atoms with Gasteiger partial charge in [-0.15, -0.1) is 0 Å². The Morgan fingerprint density at radius 1 is 1.19 bits per heavy atom. The smallest absolute Gasteiger partial charge is 0.325 e. The van der Waals surface area contributed by atoms with Gasteiger partial charge in [-0.25, -0.2) is 4.79 Å². The topological polar surface area (TPSA) is 78.5 Å². The van der Waals surface area contributed by atoms with Gasteiger partial charge < -0.3 is 10.6 Å². The quantitative estimate of drug-likeness (QED) is 0.752. The minimum atomic E-state index is -0.801. The van der Waals surface area contributed by atoms with Gasteiger partial charge in [-0.3, -0.25) is 14.5 Å². The van der Waals surface area contributed by atoms with Crippen LogP contribution < -0.4 is 10.6 Å². The summed E-state index contributed by atoms with van der Waals surface area (Å²) < 4.78 is 0. The summed E-state index contributed by atoms with van der Waals surface area (Å²) in [6.45, 7) is 4.03. The molecule has 2 fully saturated rings. The number of hydrogen-bond donors (Lipinski definition) is 2. The maximum absolute atomic E-state index is 12.9. The monoisotopic (exact) mass is 371 g/mol. The number of urea groups is 1. The van der Waals surface area contributed by atoms with Crippen molar-refractivity contribution in [2.45, 2.75) is 64.3 Å². The van der Waals surface area contributed by atoms with Crippen LogP contribution in [0.4, 0.5) is 10.5 Å². The lowest BCUT2D eigenvalue weighted by atomic mass is 9.75. The van der Waals surface area contributed by atoms with E-state index in [1.807, 2.05) is 24.3 Å². The summed E-state index contributed by atoms with van der Waals surface area (Å²) in [5, 5.41) is 5.64. The molecule has 6 nitrogen and oxygen atoms in total. The molecular weight excluding hydrogens is 342 g/mol. The highest BCUT2D eigenvalue weighted by Gasteiger charge is 2.52. The van der Waals surface area contributed by atoms with Crippen LogP contribution in [-0.2, 0) is 16.0 Å². The second-order valence-corrected chi connectivity index (χ2v) is 7.75. The first-order chi connectivity index (χ1) is 13.0. The SMILES string of the molecule is CCCc1ccc(NC(=O)CN2C(=O)NC3(CCC(CC)CC3)C2=O)cc1. The average Bonchev–Trinajstić information content (AvgIpc) is 2.88. The normalized spacial score (nSPS) is 25.0. The van der Waals surface area contributed by atoms with Crippen molar-refractivity contribution in [3.63, 3.8) is 0 Å². The highest BCUT2D eigenvalue weighted by molar-refractivity contribution is 6.10. The van der Waals surface area contributed by atoms with Crippen LogP contribution in [0.25, 0.3) is 0 Å². The van der Waals surface area contributed by atoms with E-state index in [4.69, 9.17) is 0 Å². The van der Waals surface area contributed by atoms with Crippen LogP contribution in [0, 0.1) is 5.92 Å². The van der Waals surface area contributed by atoms with Gasteiger partial charge in [0, 0.05) is 5.69 Å². The number of amides is 4. The van der Waals surface area contributed by atoms with Crippen LogP contribution in [0.1, 0.15) is 57.9 Å². The zero-order valence-electron chi connectivity index (χ0n) is 16.2. The number of nitrogens with one attached hydrogen (secondary N) is 2. The van der Waals surface area contributed by atoms with Crippen LogP contribution in [0.3, 0.4) is 0 Å². The minimum absolute atomic E-state index is 0.250. The van der Waals surface area contributed by atoms with E-state index < -0.39 is 11.6 Å². The van der Waals surface area contributed by atoms with Gasteiger partial charge in [-0.1, -0.05) is 38.8 Å². The van der Waals surface area contributed by atoms with E-state index in [0.29, 0.717) is 24.4 Å². The van der Waals surface area contributed by atoms with Crippen molar-refractivity contribution >= 4 is 23.5 Å². The number of hydrogen-bond acceptors (Lipinski definition) is 3. The number of rotatable bonds is 6. The molecule has 0 radical (unpaired) electrons. The van der Waals surface area contributed by atoms with Crippen molar-refractivity contribution in [1.29, 1.82) is 0 Å². The molecule has 1 heterocycles. The van der Waals surface area contributed by atoms with Gasteiger partial charge in [0.25, 0.3) is 5.91 Å². The Balaban J connectivity index is 1.59. The van der Waals surface area contributed by atoms with Crippen LogP contribution >= 0.6 is 0 Å². The number of nitrogens with zero attached hydrogens (tertiary/aromatic N) is 1. The van der Waals surface area contributed by atoms with E-state index in [0.717, 1.165) is 37.0 Å². The molecule has 1 spiro atoms. The minimum Gasteiger partial charge on any atom is -0.325 e. The van der Waals surface area contributed by atoms with Crippen molar-refractivity contribution in [1.82, 2.24) is 10.2 Å². The Kier molecular flexibility index (Phi) is 5.82. The molecule has 0 unspecified atom stereocenters. The summed E-state index contributed by atoms with van der Waals surface area (Å²) in [5.41, 5.74) is 1.09. The van der Waals surface area contributed by atoms with Gasteiger partial charge in [-0.2, -0.15) is 0 Å². The van der Waals surface area contributed by atoms with E-state index >= 15 is 0 Å². The van der Waals surface area contributed by atoms with Crippen LogP contribution in [0.2, 0.25) is 0 Å². The summed E-state index contributed by atoms with van der Waals surface area (Å²) >= 11 is 0. The van der Waals surface area contributed by atoms with Gasteiger partial charge in [0.05, 0.1) is 0 Å². The number of carbonyl (C=O) groups is 3. The number of anilines is 1. The van der Waals surface area contributed by atoms with Crippen molar-refractivity contribution < 1.29 is 14.4 Å². The maximum atomic E-state index is 12.9. The van der Waals surface area contributed by atoms with E-state index in [-0.39, 0.29) is 18.4 Å². The van der Waals surface area contributed by atoms with Crippen molar-refractivity contribution in [2.75, 3.05) is 11.9 Å². The molecule has 6 heteroatoms. The Morgan fingerprint density at radius 2 is 1.85 bits per heavy atom. The predicted molar refractivity (Wildman–Crippen MR) is 104 cm³/mol. The maximum Gasteiger partial charge on any atom is 0.325 e. The molecule has 0 atom stereocenters. The van der Waals surface area contributed by atoms with E-state index in [2.05, 4.69) is 24.5 Å². The Bertz CT molecular complexity index is 706. The fraction of sp³-hybridized carbons (Fsp3) is 0.571. The highest BCUT2D eigenvalue weighted by atomic mass is 16.2. The Morgan fingerprint density at radius 3 is 2.44 bits per heavy atom. The van der Waals surface area contributed by atoms with Gasteiger partial charge in [-0.05, 0) is 55.7 Å². The standard InChI is InChI=1S/C21H29N3O3/c1-3-5-16-6-8-17(9-7-16)22-18(25)14-24-19(26)21(23-20(24)27)12-10-15(4-2)11-13-21/h6-9,15H,3-5,10-14H2,1-2H3,(H,22,25)(H,23,27). The second kappa shape index (κ2) is 8.11. The first kappa shape index (κ1) is 19.4. The Labute approximate surface area is 160 Å². The molecule has 0 bridgehead atoms. The number of imide groups is 1. The lowest BCUT2D eigenvalue weighted by Crippen LogP contribution is -2.49. The van der Waals surface area contributed by atoms with Gasteiger partial charge in [0.2, 0.25) is 5.91 Å². The zero-order chi connectivity index (χ0) is 19.4. The predicted octanol–water partition coefficient (Wildman–Crippen LogP) is 3.47. The third-order valence-corrected chi connectivity index (χ3v) is 5.86. The fourth-order valence-electron chi connectivity index (χ4n) is 4.12. The molecule has 1 aromatic carbocycles. The molecule has 3 rings (SSSR count). The highest BCUT2D eigenvalue weighted by Crippen LogP contribution is 2.37. The summed E-state index contributed by atoms with van der Waals surface area (Å²) in [6, 6.07) is 7.20. The largest absolute Gasteiger partial charge is 0.325 e.